The summed E-state index contributed by atoms with van der Waals surface area (Å²) in [7, 11) is 0. The van der Waals surface area contributed by atoms with Crippen LogP contribution in [0.5, 0.6) is 0 Å². The first kappa shape index (κ1) is 20.2. The number of hydrogen-bond acceptors (Lipinski definition) is 6. The van der Waals surface area contributed by atoms with Gasteiger partial charge in [-0.3, -0.25) is 9.69 Å². The van der Waals surface area contributed by atoms with Gasteiger partial charge in [0.05, 0.1) is 24.5 Å². The van der Waals surface area contributed by atoms with Crippen LogP contribution < -0.4 is 11.1 Å². The van der Waals surface area contributed by atoms with Gasteiger partial charge in [0.2, 0.25) is 0 Å². The van der Waals surface area contributed by atoms with Crippen LogP contribution in [0, 0.1) is 0 Å². The van der Waals surface area contributed by atoms with Gasteiger partial charge in [-0.2, -0.15) is 0 Å². The Kier molecular flexibility index (Phi) is 5.72. The highest BCUT2D eigenvalue weighted by Crippen LogP contribution is 2.42. The molecule has 3 heterocycles. The smallest absolute Gasteiger partial charge is 0.251 e. The lowest BCUT2D eigenvalue weighted by molar-refractivity contribution is 0.0337. The van der Waals surface area contributed by atoms with Crippen molar-refractivity contribution in [1.82, 2.24) is 9.88 Å². The number of ether oxygens (including phenoxy) is 1. The summed E-state index contributed by atoms with van der Waals surface area (Å²) >= 11 is 1.53. The number of hydrogen-bond donors (Lipinski definition) is 2. The van der Waals surface area contributed by atoms with Crippen molar-refractivity contribution >= 4 is 28.1 Å². The SMILES string of the molecule is NC(=O)c1cc(-c2ccc(C3CC3)cc2)sc1Nc1cccc(CN2CCOCC2)n1. The van der Waals surface area contributed by atoms with Crippen molar-refractivity contribution in [3.05, 3.63) is 65.4 Å². The zero-order chi connectivity index (χ0) is 21.2. The van der Waals surface area contributed by atoms with Gasteiger partial charge in [-0.15, -0.1) is 11.3 Å². The lowest BCUT2D eigenvalue weighted by atomic mass is 10.1. The maximum atomic E-state index is 12.1. The number of nitrogens with one attached hydrogen (secondary N) is 1. The van der Waals surface area contributed by atoms with Gasteiger partial charge in [0.15, 0.2) is 0 Å². The van der Waals surface area contributed by atoms with E-state index in [9.17, 15) is 4.79 Å². The van der Waals surface area contributed by atoms with Gasteiger partial charge in [-0.25, -0.2) is 4.98 Å². The van der Waals surface area contributed by atoms with Gasteiger partial charge in [0, 0.05) is 24.5 Å². The molecule has 1 saturated heterocycles. The van der Waals surface area contributed by atoms with Crippen molar-refractivity contribution in [2.24, 2.45) is 5.73 Å². The molecule has 1 aliphatic carbocycles. The van der Waals surface area contributed by atoms with Gasteiger partial charge in [-0.1, -0.05) is 30.3 Å². The number of pyridine rings is 1. The van der Waals surface area contributed by atoms with Gasteiger partial charge in [0.1, 0.15) is 10.8 Å². The monoisotopic (exact) mass is 434 g/mol. The van der Waals surface area contributed by atoms with E-state index >= 15 is 0 Å². The van der Waals surface area contributed by atoms with Crippen LogP contribution in [-0.2, 0) is 11.3 Å². The minimum atomic E-state index is -0.441. The number of primary amides is 1. The number of aromatic nitrogens is 1. The molecule has 3 N–H and O–H groups in total. The molecule has 1 saturated carbocycles. The summed E-state index contributed by atoms with van der Waals surface area (Å²) in [6.07, 6.45) is 2.58. The fourth-order valence-corrected chi connectivity index (χ4v) is 4.96. The standard InChI is InChI=1S/C24H26N4O2S/c25-23(29)20-14-21(18-8-6-17(7-9-18)16-4-5-16)31-24(20)27-22-3-1-2-19(26-22)15-28-10-12-30-13-11-28/h1-3,6-9,14,16H,4-5,10-13,15H2,(H2,25,29)(H,26,27). The van der Waals surface area contributed by atoms with Crippen LogP contribution >= 0.6 is 11.3 Å². The lowest BCUT2D eigenvalue weighted by Gasteiger charge is -2.26. The number of carbonyl (C=O) groups is 1. The maximum absolute atomic E-state index is 12.1. The van der Waals surface area contributed by atoms with Crippen molar-refractivity contribution in [3.63, 3.8) is 0 Å². The Balaban J connectivity index is 1.35. The first-order valence-corrected chi connectivity index (χ1v) is 11.5. The number of nitrogens with two attached hydrogens (primary N) is 1. The summed E-state index contributed by atoms with van der Waals surface area (Å²) < 4.78 is 5.42. The molecule has 5 rings (SSSR count). The molecule has 1 aromatic carbocycles. The number of thiophene rings is 1. The predicted octanol–water partition coefficient (Wildman–Crippen LogP) is 4.36. The largest absolute Gasteiger partial charge is 0.379 e. The highest BCUT2D eigenvalue weighted by atomic mass is 32.1. The Bertz CT molecular complexity index is 1070. The Morgan fingerprint density at radius 2 is 1.94 bits per heavy atom. The van der Waals surface area contributed by atoms with E-state index in [0.717, 1.165) is 59.9 Å². The number of nitrogens with zero attached hydrogens (tertiary/aromatic N) is 2. The second-order valence-electron chi connectivity index (χ2n) is 8.14. The van der Waals surface area contributed by atoms with Gasteiger partial charge < -0.3 is 15.8 Å². The molecular weight excluding hydrogens is 408 g/mol. The minimum Gasteiger partial charge on any atom is -0.379 e. The number of anilines is 2. The number of carbonyl (C=O) groups excluding carboxylic acids is 1. The molecule has 0 bridgehead atoms. The normalized spacial score (nSPS) is 16.9. The molecule has 2 aromatic heterocycles. The van der Waals surface area contributed by atoms with E-state index in [1.54, 1.807) is 0 Å². The average molecular weight is 435 g/mol. The van der Waals surface area contributed by atoms with Crippen molar-refractivity contribution < 1.29 is 9.53 Å². The van der Waals surface area contributed by atoms with E-state index in [-0.39, 0.29) is 0 Å². The van der Waals surface area contributed by atoms with E-state index in [1.165, 1.54) is 29.7 Å². The van der Waals surface area contributed by atoms with Gasteiger partial charge in [0.25, 0.3) is 5.91 Å². The van der Waals surface area contributed by atoms with Crippen LogP contribution in [0.3, 0.4) is 0 Å². The molecule has 2 aliphatic rings. The molecule has 7 heteroatoms. The van der Waals surface area contributed by atoms with Crippen molar-refractivity contribution in [2.45, 2.75) is 25.3 Å². The minimum absolute atomic E-state index is 0.441. The summed E-state index contributed by atoms with van der Waals surface area (Å²) in [6.45, 7) is 4.14. The quantitative estimate of drug-likeness (QED) is 0.577. The van der Waals surface area contributed by atoms with E-state index in [1.807, 2.05) is 24.3 Å². The van der Waals surface area contributed by atoms with Gasteiger partial charge in [-0.05, 0) is 48.1 Å². The summed E-state index contributed by atoms with van der Waals surface area (Å²) in [5.41, 5.74) is 9.65. The maximum Gasteiger partial charge on any atom is 0.251 e. The number of benzene rings is 1. The second kappa shape index (κ2) is 8.78. The number of amides is 1. The summed E-state index contributed by atoms with van der Waals surface area (Å²) in [6, 6.07) is 16.5. The van der Waals surface area contributed by atoms with E-state index in [4.69, 9.17) is 15.5 Å². The number of rotatable bonds is 7. The van der Waals surface area contributed by atoms with Crippen LogP contribution in [0.2, 0.25) is 0 Å². The lowest BCUT2D eigenvalue weighted by Crippen LogP contribution is -2.35. The van der Waals surface area contributed by atoms with Crippen LogP contribution in [0.1, 0.15) is 40.4 Å². The molecule has 6 nitrogen and oxygen atoms in total. The summed E-state index contributed by atoms with van der Waals surface area (Å²) in [5.74, 6) is 1.00. The molecule has 0 atom stereocenters. The van der Waals surface area contributed by atoms with Crippen LogP contribution in [-0.4, -0.2) is 42.1 Å². The molecule has 2 fully saturated rings. The molecule has 31 heavy (non-hydrogen) atoms. The Hall–Kier alpha value is -2.74. The van der Waals surface area contributed by atoms with Crippen LogP contribution in [0.25, 0.3) is 10.4 Å². The highest BCUT2D eigenvalue weighted by Gasteiger charge is 2.23. The molecule has 1 aliphatic heterocycles. The summed E-state index contributed by atoms with van der Waals surface area (Å²) in [4.78, 5) is 20.2. The molecule has 0 spiro atoms. The van der Waals surface area contributed by atoms with Crippen LogP contribution in [0.4, 0.5) is 10.8 Å². The van der Waals surface area contributed by atoms with Crippen LogP contribution in [0.15, 0.2) is 48.5 Å². The average Bonchev–Trinajstić information content (AvgIpc) is 3.55. The Labute approximate surface area is 186 Å². The molecule has 0 radical (unpaired) electrons. The third kappa shape index (κ3) is 4.79. The molecule has 0 unspecified atom stereocenters. The zero-order valence-corrected chi connectivity index (χ0v) is 18.2. The topological polar surface area (TPSA) is 80.5 Å². The first-order valence-electron chi connectivity index (χ1n) is 10.7. The molecule has 1 amide bonds. The molecular formula is C24H26N4O2S. The number of morpholine rings is 1. The fraction of sp³-hybridized carbons (Fsp3) is 0.333. The predicted molar refractivity (Wildman–Crippen MR) is 124 cm³/mol. The molecule has 3 aromatic rings. The molecule has 160 valence electrons. The van der Waals surface area contributed by atoms with Crippen molar-refractivity contribution in [3.8, 4) is 10.4 Å². The fourth-order valence-electron chi connectivity index (χ4n) is 3.89. The first-order chi connectivity index (χ1) is 15.2. The Morgan fingerprint density at radius 1 is 1.16 bits per heavy atom. The van der Waals surface area contributed by atoms with Crippen molar-refractivity contribution in [2.75, 3.05) is 31.6 Å². The van der Waals surface area contributed by atoms with E-state index < -0.39 is 5.91 Å². The Morgan fingerprint density at radius 3 is 2.65 bits per heavy atom. The van der Waals surface area contributed by atoms with Crippen molar-refractivity contribution in [1.29, 1.82) is 0 Å². The van der Waals surface area contributed by atoms with Gasteiger partial charge >= 0.3 is 0 Å². The highest BCUT2D eigenvalue weighted by molar-refractivity contribution is 7.19. The van der Waals surface area contributed by atoms with E-state index in [0.29, 0.717) is 11.4 Å². The third-order valence-electron chi connectivity index (χ3n) is 5.78. The second-order valence-corrected chi connectivity index (χ2v) is 9.19. The van der Waals surface area contributed by atoms with E-state index in [2.05, 4.69) is 34.5 Å². The zero-order valence-electron chi connectivity index (χ0n) is 17.3. The third-order valence-corrected chi connectivity index (χ3v) is 6.88. The summed E-state index contributed by atoms with van der Waals surface area (Å²) in [5, 5.41) is 4.05.